The fraction of sp³-hybridized carbons (Fsp3) is 0.783. The first kappa shape index (κ1) is 23.8. The lowest BCUT2D eigenvalue weighted by Crippen LogP contribution is -2.36. The van der Waals surface area contributed by atoms with E-state index in [4.69, 9.17) is 0 Å². The van der Waals surface area contributed by atoms with E-state index in [9.17, 15) is 4.79 Å². The second-order valence-electron chi connectivity index (χ2n) is 9.01. The van der Waals surface area contributed by atoms with Gasteiger partial charge in [-0.25, -0.2) is 0 Å². The Labute approximate surface area is 157 Å². The van der Waals surface area contributed by atoms with Gasteiger partial charge in [-0.2, -0.15) is 0 Å². The van der Waals surface area contributed by atoms with Crippen LogP contribution in [0, 0.1) is 40.9 Å². The number of rotatable bonds is 9. The van der Waals surface area contributed by atoms with E-state index in [2.05, 4.69) is 70.9 Å². The van der Waals surface area contributed by atoms with Crippen molar-refractivity contribution in [1.29, 1.82) is 0 Å². The molecule has 0 aromatic heterocycles. The van der Waals surface area contributed by atoms with Gasteiger partial charge in [0.1, 0.15) is 0 Å². The third kappa shape index (κ3) is 12.7. The van der Waals surface area contributed by atoms with Crippen molar-refractivity contribution in [3.05, 3.63) is 12.2 Å². The number of amides is 1. The molecule has 0 heterocycles. The molecule has 0 rings (SSSR count). The summed E-state index contributed by atoms with van der Waals surface area (Å²) < 4.78 is 0. The third-order valence-electron chi connectivity index (χ3n) is 4.23. The summed E-state index contributed by atoms with van der Waals surface area (Å²) in [7, 11) is 0. The SMILES string of the molecule is CC(C)/C=C\C(C)CCC(C)C#CC(C)(C)CC(C)C(=O)NC(C)C. The van der Waals surface area contributed by atoms with Crippen LogP contribution in [0.2, 0.25) is 0 Å². The van der Waals surface area contributed by atoms with Gasteiger partial charge in [-0.15, -0.1) is 0 Å². The molecule has 2 heteroatoms. The zero-order chi connectivity index (χ0) is 19.6. The summed E-state index contributed by atoms with van der Waals surface area (Å²) in [5, 5.41) is 2.99. The maximum absolute atomic E-state index is 12.1. The predicted molar refractivity (Wildman–Crippen MR) is 110 cm³/mol. The lowest BCUT2D eigenvalue weighted by molar-refractivity contribution is -0.125. The molecule has 0 aliphatic rings. The first-order chi connectivity index (χ1) is 11.4. The summed E-state index contributed by atoms with van der Waals surface area (Å²) >= 11 is 0. The highest BCUT2D eigenvalue weighted by Crippen LogP contribution is 2.25. The Bertz CT molecular complexity index is 476. The second kappa shape index (κ2) is 11.4. The fourth-order valence-electron chi connectivity index (χ4n) is 2.75. The van der Waals surface area contributed by atoms with Crippen LogP contribution < -0.4 is 5.32 Å². The van der Waals surface area contributed by atoms with Crippen molar-refractivity contribution in [2.24, 2.45) is 29.1 Å². The Morgan fingerprint density at radius 2 is 1.60 bits per heavy atom. The zero-order valence-corrected chi connectivity index (χ0v) is 18.1. The molecule has 2 nitrogen and oxygen atoms in total. The van der Waals surface area contributed by atoms with Gasteiger partial charge in [-0.1, -0.05) is 58.6 Å². The first-order valence-electron chi connectivity index (χ1n) is 9.94. The normalized spacial score (nSPS) is 15.8. The maximum Gasteiger partial charge on any atom is 0.223 e. The Balaban J connectivity index is 4.47. The Hall–Kier alpha value is -1.23. The fourth-order valence-corrected chi connectivity index (χ4v) is 2.75. The van der Waals surface area contributed by atoms with E-state index in [1.165, 1.54) is 6.42 Å². The highest BCUT2D eigenvalue weighted by atomic mass is 16.1. The maximum atomic E-state index is 12.1. The van der Waals surface area contributed by atoms with Gasteiger partial charge in [-0.05, 0) is 58.8 Å². The van der Waals surface area contributed by atoms with Gasteiger partial charge in [0.05, 0.1) is 0 Å². The minimum absolute atomic E-state index is 0.0109. The van der Waals surface area contributed by atoms with E-state index in [-0.39, 0.29) is 23.3 Å². The van der Waals surface area contributed by atoms with E-state index >= 15 is 0 Å². The molecule has 0 aliphatic heterocycles. The van der Waals surface area contributed by atoms with Crippen molar-refractivity contribution in [2.45, 2.75) is 87.6 Å². The van der Waals surface area contributed by atoms with Gasteiger partial charge in [0.2, 0.25) is 5.91 Å². The largest absolute Gasteiger partial charge is 0.354 e. The van der Waals surface area contributed by atoms with Gasteiger partial charge < -0.3 is 5.32 Å². The molecule has 0 aromatic rings. The van der Waals surface area contributed by atoms with Crippen LogP contribution >= 0.6 is 0 Å². The van der Waals surface area contributed by atoms with Crippen LogP contribution in [0.1, 0.15) is 81.6 Å². The molecule has 0 radical (unpaired) electrons. The van der Waals surface area contributed by atoms with E-state index in [0.717, 1.165) is 12.8 Å². The van der Waals surface area contributed by atoms with Crippen LogP contribution in [0.25, 0.3) is 0 Å². The van der Waals surface area contributed by atoms with Crippen molar-refractivity contribution in [3.63, 3.8) is 0 Å². The molecule has 0 saturated heterocycles. The van der Waals surface area contributed by atoms with E-state index < -0.39 is 0 Å². The molecular formula is C23H41NO. The van der Waals surface area contributed by atoms with Gasteiger partial charge in [0, 0.05) is 23.3 Å². The van der Waals surface area contributed by atoms with Crippen LogP contribution in [0.4, 0.5) is 0 Å². The van der Waals surface area contributed by atoms with E-state index in [1.54, 1.807) is 0 Å². The summed E-state index contributed by atoms with van der Waals surface area (Å²) in [4.78, 5) is 12.1. The summed E-state index contributed by atoms with van der Waals surface area (Å²) in [5.74, 6) is 8.59. The topological polar surface area (TPSA) is 29.1 Å². The number of carbonyl (C=O) groups excluding carboxylic acids is 1. The Morgan fingerprint density at radius 3 is 2.12 bits per heavy atom. The monoisotopic (exact) mass is 347 g/mol. The summed E-state index contributed by atoms with van der Waals surface area (Å²) in [6.07, 6.45) is 7.69. The first-order valence-corrected chi connectivity index (χ1v) is 9.94. The molecule has 0 fully saturated rings. The number of carbonyl (C=O) groups is 1. The molecule has 3 atom stereocenters. The van der Waals surface area contributed by atoms with Crippen LogP contribution in [0.3, 0.4) is 0 Å². The number of hydrogen-bond acceptors (Lipinski definition) is 1. The summed E-state index contributed by atoms with van der Waals surface area (Å²) in [6, 6.07) is 0.191. The van der Waals surface area contributed by atoms with Gasteiger partial charge in [0.15, 0.2) is 0 Å². The quantitative estimate of drug-likeness (QED) is 0.412. The number of allylic oxidation sites excluding steroid dienone is 2. The molecule has 0 bridgehead atoms. The lowest BCUT2D eigenvalue weighted by atomic mass is 9.83. The standard InChI is InChI=1S/C23H41NO/c1-17(2)10-11-19(5)12-13-20(6)14-15-23(8,9)16-21(7)22(25)24-18(3)4/h10-11,17-21H,12-13,16H2,1-9H3,(H,24,25)/b11-10-. The smallest absolute Gasteiger partial charge is 0.223 e. The molecule has 3 unspecified atom stereocenters. The average molecular weight is 348 g/mol. The van der Waals surface area contributed by atoms with Gasteiger partial charge in [0.25, 0.3) is 0 Å². The van der Waals surface area contributed by atoms with Crippen LogP contribution in [0.15, 0.2) is 12.2 Å². The van der Waals surface area contributed by atoms with Crippen molar-refractivity contribution < 1.29 is 4.79 Å². The molecule has 0 spiro atoms. The minimum atomic E-state index is -0.134. The van der Waals surface area contributed by atoms with Crippen molar-refractivity contribution in [2.75, 3.05) is 0 Å². The summed E-state index contributed by atoms with van der Waals surface area (Å²) in [6.45, 7) is 19.2. The Kier molecular flexibility index (Phi) is 10.8. The average Bonchev–Trinajstić information content (AvgIpc) is 2.47. The highest BCUT2D eigenvalue weighted by Gasteiger charge is 2.23. The Morgan fingerprint density at radius 1 is 1.00 bits per heavy atom. The van der Waals surface area contributed by atoms with Gasteiger partial charge >= 0.3 is 0 Å². The van der Waals surface area contributed by atoms with Gasteiger partial charge in [-0.3, -0.25) is 4.79 Å². The minimum Gasteiger partial charge on any atom is -0.354 e. The second-order valence-corrected chi connectivity index (χ2v) is 9.01. The predicted octanol–water partition coefficient (Wildman–Crippen LogP) is 5.83. The van der Waals surface area contributed by atoms with Crippen LogP contribution in [-0.2, 0) is 4.79 Å². The molecule has 1 N–H and O–H groups in total. The molecule has 1 amide bonds. The molecule has 25 heavy (non-hydrogen) atoms. The summed E-state index contributed by atoms with van der Waals surface area (Å²) in [5.41, 5.74) is -0.134. The number of hydrogen-bond donors (Lipinski definition) is 1. The highest BCUT2D eigenvalue weighted by molar-refractivity contribution is 5.78. The van der Waals surface area contributed by atoms with Crippen molar-refractivity contribution in [3.8, 4) is 11.8 Å². The van der Waals surface area contributed by atoms with Crippen molar-refractivity contribution >= 4 is 5.91 Å². The zero-order valence-electron chi connectivity index (χ0n) is 18.1. The number of nitrogens with one attached hydrogen (secondary N) is 1. The third-order valence-corrected chi connectivity index (χ3v) is 4.23. The van der Waals surface area contributed by atoms with Crippen LogP contribution in [-0.4, -0.2) is 11.9 Å². The molecule has 0 aliphatic carbocycles. The molecule has 144 valence electrons. The van der Waals surface area contributed by atoms with Crippen LogP contribution in [0.5, 0.6) is 0 Å². The molecule has 0 aromatic carbocycles. The lowest BCUT2D eigenvalue weighted by Gasteiger charge is -2.23. The molecular weight excluding hydrogens is 306 g/mol. The van der Waals surface area contributed by atoms with E-state index in [1.807, 2.05) is 20.8 Å². The molecule has 0 saturated carbocycles. The van der Waals surface area contributed by atoms with E-state index in [0.29, 0.717) is 17.8 Å². The van der Waals surface area contributed by atoms with Crippen molar-refractivity contribution in [1.82, 2.24) is 5.32 Å².